The predicted molar refractivity (Wildman–Crippen MR) is 58.8 cm³/mol. The molecule has 0 saturated carbocycles. The molecule has 1 aliphatic carbocycles. The molecule has 0 saturated heterocycles. The van der Waals surface area contributed by atoms with Crippen LogP contribution in [0.2, 0.25) is 0 Å². The molecule has 0 amide bonds. The van der Waals surface area contributed by atoms with Crippen LogP contribution in [0.5, 0.6) is 0 Å². The van der Waals surface area contributed by atoms with E-state index < -0.39 is 0 Å². The standard InChI is InChI=1S/C13H14O2/c1-3-10-14-12-6-5-7-13(9-8-12)15-11-4-2/h1-2,12-13H,5-7,10-11H2/t12-,13-/m1/s1. The summed E-state index contributed by atoms with van der Waals surface area (Å²) in [5.74, 6) is 10.9. The molecule has 0 aromatic carbocycles. The van der Waals surface area contributed by atoms with Crippen molar-refractivity contribution in [1.29, 1.82) is 0 Å². The van der Waals surface area contributed by atoms with Crippen molar-refractivity contribution in [1.82, 2.24) is 0 Å². The molecule has 0 aliphatic heterocycles. The summed E-state index contributed by atoms with van der Waals surface area (Å²) in [5.41, 5.74) is 0. The molecule has 2 atom stereocenters. The Hall–Kier alpha value is -1.40. The van der Waals surface area contributed by atoms with Crippen LogP contribution in [-0.4, -0.2) is 25.4 Å². The molecule has 0 fully saturated rings. The summed E-state index contributed by atoms with van der Waals surface area (Å²) in [7, 11) is 0. The minimum atomic E-state index is -0.0551. The first-order chi connectivity index (χ1) is 7.36. The Morgan fingerprint density at radius 1 is 1.00 bits per heavy atom. The number of rotatable bonds is 4. The summed E-state index contributed by atoms with van der Waals surface area (Å²) < 4.78 is 10.7. The Bertz CT molecular complexity index is 291. The highest BCUT2D eigenvalue weighted by atomic mass is 16.5. The lowest BCUT2D eigenvalue weighted by molar-refractivity contribution is 0.100. The number of hydrogen-bond donors (Lipinski definition) is 0. The van der Waals surface area contributed by atoms with Gasteiger partial charge in [0.15, 0.2) is 0 Å². The quantitative estimate of drug-likeness (QED) is 0.638. The van der Waals surface area contributed by atoms with Crippen molar-refractivity contribution in [3.8, 4) is 36.5 Å². The van der Waals surface area contributed by atoms with Crippen molar-refractivity contribution in [3.05, 3.63) is 0 Å². The summed E-state index contributed by atoms with van der Waals surface area (Å²) in [4.78, 5) is 0. The van der Waals surface area contributed by atoms with E-state index in [2.05, 4.69) is 23.7 Å². The smallest absolute Gasteiger partial charge is 0.119 e. The minimum Gasteiger partial charge on any atom is -0.353 e. The zero-order valence-electron chi connectivity index (χ0n) is 8.66. The van der Waals surface area contributed by atoms with E-state index in [4.69, 9.17) is 22.3 Å². The van der Waals surface area contributed by atoms with Gasteiger partial charge in [-0.15, -0.1) is 12.8 Å². The average molecular weight is 202 g/mol. The predicted octanol–water partition coefficient (Wildman–Crippen LogP) is 1.21. The number of hydrogen-bond acceptors (Lipinski definition) is 2. The van der Waals surface area contributed by atoms with E-state index >= 15 is 0 Å². The van der Waals surface area contributed by atoms with Crippen LogP contribution in [0.3, 0.4) is 0 Å². The summed E-state index contributed by atoms with van der Waals surface area (Å²) in [5, 5.41) is 0. The van der Waals surface area contributed by atoms with Gasteiger partial charge in [-0.2, -0.15) is 0 Å². The Balaban J connectivity index is 2.40. The molecule has 1 aliphatic rings. The molecule has 0 aromatic heterocycles. The summed E-state index contributed by atoms with van der Waals surface area (Å²) in [6, 6.07) is 0. The second-order valence-electron chi connectivity index (χ2n) is 3.23. The molecule has 2 heteroatoms. The fourth-order valence-electron chi connectivity index (χ4n) is 1.37. The highest BCUT2D eigenvalue weighted by Crippen LogP contribution is 2.12. The third kappa shape index (κ3) is 4.57. The summed E-state index contributed by atoms with van der Waals surface area (Å²) in [6.45, 7) is 0.629. The fraction of sp³-hybridized carbons (Fsp3) is 0.538. The minimum absolute atomic E-state index is 0.0551. The van der Waals surface area contributed by atoms with E-state index in [1.54, 1.807) is 0 Å². The van der Waals surface area contributed by atoms with Gasteiger partial charge in [0.1, 0.15) is 25.4 Å². The normalized spacial score (nSPS) is 24.1. The van der Waals surface area contributed by atoms with Crippen molar-refractivity contribution in [3.63, 3.8) is 0 Å². The van der Waals surface area contributed by atoms with Crippen molar-refractivity contribution >= 4 is 0 Å². The largest absolute Gasteiger partial charge is 0.353 e. The Kier molecular flexibility index (Phi) is 5.42. The average Bonchev–Trinajstić information content (AvgIpc) is 2.49. The van der Waals surface area contributed by atoms with E-state index in [1.165, 1.54) is 0 Å². The highest BCUT2D eigenvalue weighted by Gasteiger charge is 2.13. The second kappa shape index (κ2) is 6.97. The van der Waals surface area contributed by atoms with Crippen LogP contribution in [0, 0.1) is 36.5 Å². The molecule has 0 bridgehead atoms. The first kappa shape index (κ1) is 11.7. The van der Waals surface area contributed by atoms with Crippen LogP contribution in [0.15, 0.2) is 0 Å². The lowest BCUT2D eigenvalue weighted by Gasteiger charge is -2.08. The van der Waals surface area contributed by atoms with Crippen molar-refractivity contribution in [2.45, 2.75) is 31.5 Å². The summed E-state index contributed by atoms with van der Waals surface area (Å²) >= 11 is 0. The summed E-state index contributed by atoms with van der Waals surface area (Å²) in [6.07, 6.45) is 12.9. The molecule has 1 rings (SSSR count). The van der Waals surface area contributed by atoms with Crippen LogP contribution in [0.25, 0.3) is 0 Å². The van der Waals surface area contributed by atoms with Gasteiger partial charge in [-0.3, -0.25) is 0 Å². The van der Waals surface area contributed by atoms with E-state index in [9.17, 15) is 0 Å². The zero-order chi connectivity index (χ0) is 10.9. The maximum Gasteiger partial charge on any atom is 0.119 e. The lowest BCUT2D eigenvalue weighted by Crippen LogP contribution is -2.09. The van der Waals surface area contributed by atoms with E-state index in [0.29, 0.717) is 13.2 Å². The van der Waals surface area contributed by atoms with Gasteiger partial charge in [-0.1, -0.05) is 23.7 Å². The number of terminal acetylenes is 2. The molecule has 0 radical (unpaired) electrons. The van der Waals surface area contributed by atoms with Gasteiger partial charge >= 0.3 is 0 Å². The van der Waals surface area contributed by atoms with Gasteiger partial charge in [0.05, 0.1) is 0 Å². The molecule has 0 unspecified atom stereocenters. The van der Waals surface area contributed by atoms with E-state index in [0.717, 1.165) is 19.3 Å². The molecular formula is C13H14O2. The molecule has 0 aromatic rings. The van der Waals surface area contributed by atoms with Crippen LogP contribution in [-0.2, 0) is 9.47 Å². The van der Waals surface area contributed by atoms with Crippen LogP contribution < -0.4 is 0 Å². The second-order valence-corrected chi connectivity index (χ2v) is 3.23. The SMILES string of the molecule is C#CCO[C@H]1C#C[C@H](OCC#C)CCC1. The van der Waals surface area contributed by atoms with Crippen molar-refractivity contribution < 1.29 is 9.47 Å². The third-order valence-corrected chi connectivity index (χ3v) is 2.07. The highest BCUT2D eigenvalue weighted by molar-refractivity contribution is 5.12. The molecule has 0 heterocycles. The molecule has 15 heavy (non-hydrogen) atoms. The van der Waals surface area contributed by atoms with Crippen molar-refractivity contribution in [2.24, 2.45) is 0 Å². The first-order valence-electron chi connectivity index (χ1n) is 4.98. The van der Waals surface area contributed by atoms with Gasteiger partial charge in [0.25, 0.3) is 0 Å². The monoisotopic (exact) mass is 202 g/mol. The van der Waals surface area contributed by atoms with Gasteiger partial charge in [0, 0.05) is 0 Å². The number of ether oxygens (including phenoxy) is 2. The molecule has 2 nitrogen and oxygen atoms in total. The van der Waals surface area contributed by atoms with Crippen LogP contribution >= 0.6 is 0 Å². The fourth-order valence-corrected chi connectivity index (χ4v) is 1.37. The Morgan fingerprint density at radius 3 is 1.87 bits per heavy atom. The Labute approximate surface area is 91.3 Å². The Morgan fingerprint density at radius 2 is 1.47 bits per heavy atom. The van der Waals surface area contributed by atoms with Gasteiger partial charge in [0.2, 0.25) is 0 Å². The topological polar surface area (TPSA) is 18.5 Å². The molecule has 0 N–H and O–H groups in total. The van der Waals surface area contributed by atoms with Crippen molar-refractivity contribution in [2.75, 3.05) is 13.2 Å². The third-order valence-electron chi connectivity index (χ3n) is 2.07. The first-order valence-corrected chi connectivity index (χ1v) is 4.98. The van der Waals surface area contributed by atoms with Gasteiger partial charge < -0.3 is 9.47 Å². The van der Waals surface area contributed by atoms with E-state index in [-0.39, 0.29) is 12.2 Å². The molecule has 78 valence electrons. The van der Waals surface area contributed by atoms with Gasteiger partial charge in [-0.25, -0.2) is 0 Å². The van der Waals surface area contributed by atoms with Gasteiger partial charge in [-0.05, 0) is 19.3 Å². The maximum atomic E-state index is 5.36. The molecular weight excluding hydrogens is 188 g/mol. The van der Waals surface area contributed by atoms with Crippen LogP contribution in [0.1, 0.15) is 19.3 Å². The van der Waals surface area contributed by atoms with E-state index in [1.807, 2.05) is 0 Å². The van der Waals surface area contributed by atoms with Crippen LogP contribution in [0.4, 0.5) is 0 Å². The maximum absolute atomic E-state index is 5.36. The zero-order valence-corrected chi connectivity index (χ0v) is 8.66. The molecule has 0 spiro atoms. The lowest BCUT2D eigenvalue weighted by atomic mass is 10.1.